The Kier molecular flexibility index (Phi) is 3.19. The average Bonchev–Trinajstić information content (AvgIpc) is 1.67. The van der Waals surface area contributed by atoms with Crippen LogP contribution in [0.4, 0.5) is 0 Å². The summed E-state index contributed by atoms with van der Waals surface area (Å²) in [5.41, 5.74) is 0. The number of rotatable bonds is 3. The number of carbonyl (C=O) groups is 1. The first-order valence-electron chi connectivity index (χ1n) is 2.51. The molecule has 0 saturated carbocycles. The highest BCUT2D eigenvalue weighted by Crippen LogP contribution is 1.85. The highest BCUT2D eigenvalue weighted by Gasteiger charge is 1.97. The predicted octanol–water partition coefficient (Wildman–Crippen LogP) is -0.839. The fourth-order valence-electron chi connectivity index (χ4n) is 0.318. The number of aliphatic carboxylic acids is 1. The third-order valence-electron chi connectivity index (χ3n) is 0.749. The normalized spacial score (nSPS) is 13.2. The van der Waals surface area contributed by atoms with Crippen LogP contribution < -0.4 is 5.11 Å². The average molecular weight is 117 g/mol. The molecule has 0 aromatic heterocycles. The maximum Gasteiger partial charge on any atom is 0.0940 e. The van der Waals surface area contributed by atoms with Gasteiger partial charge < -0.3 is 14.6 Å². The van der Waals surface area contributed by atoms with E-state index >= 15 is 0 Å². The van der Waals surface area contributed by atoms with Gasteiger partial charge in [-0.1, -0.05) is 0 Å². The summed E-state index contributed by atoms with van der Waals surface area (Å²) in [7, 11) is 0. The maximum absolute atomic E-state index is 9.85. The summed E-state index contributed by atoms with van der Waals surface area (Å²) < 4.78 is 4.64. The fourth-order valence-corrected chi connectivity index (χ4v) is 0.318. The molecule has 0 amide bonds. The van der Waals surface area contributed by atoms with E-state index in [9.17, 15) is 9.90 Å². The highest BCUT2D eigenvalue weighted by molar-refractivity contribution is 5.69. The van der Waals surface area contributed by atoms with Gasteiger partial charge in [0, 0.05) is 6.61 Å². The number of ether oxygens (including phenoxy) is 1. The van der Waals surface area contributed by atoms with Crippen molar-refractivity contribution in [3.8, 4) is 0 Å². The summed E-state index contributed by atoms with van der Waals surface area (Å²) in [6, 6.07) is 0. The van der Waals surface area contributed by atoms with Crippen LogP contribution in [0.25, 0.3) is 0 Å². The van der Waals surface area contributed by atoms with Crippen molar-refractivity contribution in [2.24, 2.45) is 0 Å². The lowest BCUT2D eigenvalue weighted by molar-refractivity contribution is -0.315. The van der Waals surface area contributed by atoms with Gasteiger partial charge in [-0.2, -0.15) is 0 Å². The van der Waals surface area contributed by atoms with Gasteiger partial charge in [0.15, 0.2) is 0 Å². The smallest absolute Gasteiger partial charge is 0.0940 e. The summed E-state index contributed by atoms with van der Waals surface area (Å²) in [4.78, 5) is 9.85. The first-order chi connectivity index (χ1) is 3.68. The van der Waals surface area contributed by atoms with Gasteiger partial charge in [0.25, 0.3) is 0 Å². The number of carboxylic acid groups (broad SMARTS) is 1. The summed E-state index contributed by atoms with van der Waals surface area (Å²) in [6.45, 7) is 3.59. The molecule has 0 bridgehead atoms. The Hall–Kier alpha value is -0.570. The number of hydrogen-bond donors (Lipinski definition) is 0. The SMILES string of the molecule is CCOC(C)C(=O)[O-]. The van der Waals surface area contributed by atoms with Crippen LogP contribution in [0.2, 0.25) is 0 Å². The fraction of sp³-hybridized carbons (Fsp3) is 0.800. The molecular weight excluding hydrogens is 108 g/mol. The molecule has 1 unspecified atom stereocenters. The monoisotopic (exact) mass is 117 g/mol. The third-order valence-corrected chi connectivity index (χ3v) is 0.749. The Balaban J connectivity index is 3.32. The second-order valence-corrected chi connectivity index (χ2v) is 1.42. The standard InChI is InChI=1S/C5H10O3/c1-3-8-4(2)5(6)7/h4H,3H2,1-2H3,(H,6,7)/p-1. The van der Waals surface area contributed by atoms with Crippen LogP contribution in [-0.4, -0.2) is 18.7 Å². The third kappa shape index (κ3) is 2.58. The summed E-state index contributed by atoms with van der Waals surface area (Å²) in [6.07, 6.45) is -0.778. The Bertz CT molecular complexity index is 79.7. The molecule has 0 saturated heterocycles. The molecule has 0 aliphatic heterocycles. The molecule has 0 rings (SSSR count). The van der Waals surface area contributed by atoms with Crippen LogP contribution in [0.5, 0.6) is 0 Å². The van der Waals surface area contributed by atoms with Crippen molar-refractivity contribution in [1.29, 1.82) is 0 Å². The molecule has 1 atom stereocenters. The second-order valence-electron chi connectivity index (χ2n) is 1.42. The van der Waals surface area contributed by atoms with Gasteiger partial charge in [0.1, 0.15) is 0 Å². The van der Waals surface area contributed by atoms with Crippen molar-refractivity contribution in [3.63, 3.8) is 0 Å². The first-order valence-corrected chi connectivity index (χ1v) is 2.51. The van der Waals surface area contributed by atoms with Crippen LogP contribution in [0.1, 0.15) is 13.8 Å². The summed E-state index contributed by atoms with van der Waals surface area (Å²) in [5, 5.41) is 9.85. The van der Waals surface area contributed by atoms with Crippen LogP contribution in [0.15, 0.2) is 0 Å². The van der Waals surface area contributed by atoms with Crippen LogP contribution in [0, 0.1) is 0 Å². The van der Waals surface area contributed by atoms with E-state index in [-0.39, 0.29) is 0 Å². The lowest BCUT2D eigenvalue weighted by Crippen LogP contribution is -2.35. The van der Waals surface area contributed by atoms with Gasteiger partial charge in [0.05, 0.1) is 12.1 Å². The molecule has 48 valence electrons. The van der Waals surface area contributed by atoms with Gasteiger partial charge >= 0.3 is 0 Å². The zero-order chi connectivity index (χ0) is 6.57. The minimum absolute atomic E-state index is 0.412. The molecule has 0 aliphatic rings. The molecule has 3 heteroatoms. The van der Waals surface area contributed by atoms with Crippen molar-refractivity contribution < 1.29 is 14.6 Å². The predicted molar refractivity (Wildman–Crippen MR) is 26.1 cm³/mol. The van der Waals surface area contributed by atoms with Gasteiger partial charge in [-0.05, 0) is 13.8 Å². The van der Waals surface area contributed by atoms with Crippen molar-refractivity contribution in [2.45, 2.75) is 20.0 Å². The van der Waals surface area contributed by atoms with E-state index in [4.69, 9.17) is 0 Å². The quantitative estimate of drug-likeness (QED) is 0.484. The molecule has 3 nitrogen and oxygen atoms in total. The number of hydrogen-bond acceptors (Lipinski definition) is 3. The van der Waals surface area contributed by atoms with Gasteiger partial charge in [-0.3, -0.25) is 0 Å². The minimum atomic E-state index is -1.16. The van der Waals surface area contributed by atoms with Gasteiger partial charge in [0.2, 0.25) is 0 Å². The molecule has 0 aromatic rings. The molecule has 0 radical (unpaired) electrons. The minimum Gasteiger partial charge on any atom is -0.547 e. The van der Waals surface area contributed by atoms with Crippen molar-refractivity contribution in [3.05, 3.63) is 0 Å². The van der Waals surface area contributed by atoms with E-state index in [0.29, 0.717) is 6.61 Å². The molecule has 0 aromatic carbocycles. The Morgan fingerprint density at radius 3 is 2.50 bits per heavy atom. The molecule has 0 aliphatic carbocycles. The highest BCUT2D eigenvalue weighted by atomic mass is 16.5. The molecular formula is C5H9O3-. The maximum atomic E-state index is 9.85. The van der Waals surface area contributed by atoms with Gasteiger partial charge in [-0.25, -0.2) is 0 Å². The van der Waals surface area contributed by atoms with E-state index in [1.807, 2.05) is 0 Å². The summed E-state index contributed by atoms with van der Waals surface area (Å²) >= 11 is 0. The van der Waals surface area contributed by atoms with Crippen molar-refractivity contribution in [2.75, 3.05) is 6.61 Å². The van der Waals surface area contributed by atoms with Crippen LogP contribution in [-0.2, 0) is 9.53 Å². The van der Waals surface area contributed by atoms with E-state index in [0.717, 1.165) is 0 Å². The number of carboxylic acids is 1. The van der Waals surface area contributed by atoms with Crippen molar-refractivity contribution >= 4 is 5.97 Å². The molecule has 0 fully saturated rings. The Morgan fingerprint density at radius 2 is 2.38 bits per heavy atom. The molecule has 0 N–H and O–H groups in total. The summed E-state index contributed by atoms with van der Waals surface area (Å²) in [5.74, 6) is -1.16. The van der Waals surface area contributed by atoms with E-state index in [2.05, 4.69) is 4.74 Å². The molecule has 8 heavy (non-hydrogen) atoms. The van der Waals surface area contributed by atoms with Crippen molar-refractivity contribution in [1.82, 2.24) is 0 Å². The van der Waals surface area contributed by atoms with Crippen LogP contribution >= 0.6 is 0 Å². The Labute approximate surface area is 48.3 Å². The Morgan fingerprint density at radius 1 is 1.88 bits per heavy atom. The lowest BCUT2D eigenvalue weighted by atomic mass is 10.4. The van der Waals surface area contributed by atoms with E-state index in [1.54, 1.807) is 6.92 Å². The largest absolute Gasteiger partial charge is 0.547 e. The van der Waals surface area contributed by atoms with E-state index < -0.39 is 12.1 Å². The molecule has 0 heterocycles. The topological polar surface area (TPSA) is 49.4 Å². The van der Waals surface area contributed by atoms with Gasteiger partial charge in [-0.15, -0.1) is 0 Å². The first kappa shape index (κ1) is 7.43. The zero-order valence-corrected chi connectivity index (χ0v) is 5.01. The lowest BCUT2D eigenvalue weighted by Gasteiger charge is -2.10. The van der Waals surface area contributed by atoms with E-state index in [1.165, 1.54) is 6.92 Å². The molecule has 0 spiro atoms. The zero-order valence-electron chi connectivity index (χ0n) is 5.01. The number of carbonyl (C=O) groups excluding carboxylic acids is 1. The second kappa shape index (κ2) is 3.43. The van der Waals surface area contributed by atoms with Crippen LogP contribution in [0.3, 0.4) is 0 Å².